The number of nitrogens with two attached hydrogens (primary N) is 1. The fourth-order valence-electron chi connectivity index (χ4n) is 1.81. The molecule has 0 aliphatic rings. The van der Waals surface area contributed by atoms with E-state index in [1.165, 1.54) is 23.1 Å². The topological polar surface area (TPSA) is 114 Å². The average molecular weight is 287 g/mol. The number of rotatable bonds is 4. The van der Waals surface area contributed by atoms with Crippen LogP contribution in [0, 0.1) is 10.1 Å². The van der Waals surface area contributed by atoms with Crippen LogP contribution in [0.1, 0.15) is 10.4 Å². The molecule has 0 aliphatic carbocycles. The number of benzene rings is 1. The zero-order valence-corrected chi connectivity index (χ0v) is 11.2. The largest absolute Gasteiger partial charge is 0.318 e. The molecule has 21 heavy (non-hydrogen) atoms. The fourth-order valence-corrected chi connectivity index (χ4v) is 1.81. The summed E-state index contributed by atoms with van der Waals surface area (Å²) in [7, 11) is 1.59. The standard InChI is InChI=1S/C13H13N5O3/c1-17(10-3-2-6-15-8-10)13(19)9-4-5-12(18(20)21)11(7-9)16-14/h2-8,16H,14H2,1H3. The number of hydrazine groups is 1. The number of pyridine rings is 1. The molecule has 8 nitrogen and oxygen atoms in total. The molecule has 0 aliphatic heterocycles. The first-order valence-electron chi connectivity index (χ1n) is 5.97. The van der Waals surface area contributed by atoms with Crippen molar-refractivity contribution in [2.75, 3.05) is 17.4 Å². The van der Waals surface area contributed by atoms with Crippen molar-refractivity contribution in [3.05, 3.63) is 58.4 Å². The summed E-state index contributed by atoms with van der Waals surface area (Å²) >= 11 is 0. The van der Waals surface area contributed by atoms with Gasteiger partial charge >= 0.3 is 0 Å². The summed E-state index contributed by atoms with van der Waals surface area (Å²) in [5.41, 5.74) is 3.00. The average Bonchev–Trinajstić information content (AvgIpc) is 2.53. The Balaban J connectivity index is 2.34. The van der Waals surface area contributed by atoms with Crippen LogP contribution in [0.15, 0.2) is 42.7 Å². The van der Waals surface area contributed by atoms with Gasteiger partial charge in [0.2, 0.25) is 0 Å². The highest BCUT2D eigenvalue weighted by molar-refractivity contribution is 6.06. The van der Waals surface area contributed by atoms with Crippen LogP contribution in [0.2, 0.25) is 0 Å². The van der Waals surface area contributed by atoms with Crippen molar-refractivity contribution in [1.82, 2.24) is 4.98 Å². The number of nitrogens with one attached hydrogen (secondary N) is 1. The minimum absolute atomic E-state index is 0.0745. The molecular weight excluding hydrogens is 274 g/mol. The number of anilines is 2. The van der Waals surface area contributed by atoms with E-state index in [0.717, 1.165) is 0 Å². The summed E-state index contributed by atoms with van der Waals surface area (Å²) in [5, 5.41) is 10.8. The predicted octanol–water partition coefficient (Wildman–Crippen LogP) is 1.55. The Hall–Kier alpha value is -3.00. The summed E-state index contributed by atoms with van der Waals surface area (Å²) in [4.78, 5) is 27.9. The lowest BCUT2D eigenvalue weighted by Crippen LogP contribution is -2.26. The van der Waals surface area contributed by atoms with Crippen LogP contribution in [-0.4, -0.2) is 22.9 Å². The van der Waals surface area contributed by atoms with Crippen molar-refractivity contribution in [1.29, 1.82) is 0 Å². The van der Waals surface area contributed by atoms with Crippen LogP contribution >= 0.6 is 0 Å². The van der Waals surface area contributed by atoms with E-state index in [9.17, 15) is 14.9 Å². The van der Waals surface area contributed by atoms with Gasteiger partial charge in [-0.3, -0.25) is 25.7 Å². The van der Waals surface area contributed by atoms with Crippen molar-refractivity contribution >= 4 is 23.0 Å². The summed E-state index contributed by atoms with van der Waals surface area (Å²) in [6, 6.07) is 7.40. The van der Waals surface area contributed by atoms with E-state index in [0.29, 0.717) is 5.69 Å². The number of nitro groups is 1. The second-order valence-corrected chi connectivity index (χ2v) is 4.21. The van der Waals surface area contributed by atoms with Gasteiger partial charge in [-0.1, -0.05) is 0 Å². The summed E-state index contributed by atoms with van der Waals surface area (Å²) in [6.07, 6.45) is 3.15. The molecule has 108 valence electrons. The number of nitrogens with zero attached hydrogens (tertiary/aromatic N) is 3. The first-order chi connectivity index (χ1) is 10.0. The summed E-state index contributed by atoms with van der Waals surface area (Å²) in [5.74, 6) is 4.93. The normalized spacial score (nSPS) is 10.0. The smallest absolute Gasteiger partial charge is 0.293 e. The van der Waals surface area contributed by atoms with Gasteiger partial charge in [0.25, 0.3) is 11.6 Å². The Morgan fingerprint density at radius 3 is 2.76 bits per heavy atom. The molecule has 3 N–H and O–H groups in total. The molecule has 0 unspecified atom stereocenters. The Labute approximate surface area is 120 Å². The Morgan fingerprint density at radius 2 is 2.19 bits per heavy atom. The Kier molecular flexibility index (Phi) is 4.10. The van der Waals surface area contributed by atoms with E-state index in [1.54, 1.807) is 31.6 Å². The van der Waals surface area contributed by atoms with Crippen LogP contribution in [0.4, 0.5) is 17.1 Å². The zero-order chi connectivity index (χ0) is 15.4. The third-order valence-corrected chi connectivity index (χ3v) is 2.93. The van der Waals surface area contributed by atoms with E-state index in [4.69, 9.17) is 5.84 Å². The number of carbonyl (C=O) groups excluding carboxylic acids is 1. The SMILES string of the molecule is CN(C(=O)c1ccc([N+](=O)[O-])c(NN)c1)c1cccnc1. The lowest BCUT2D eigenvalue weighted by atomic mass is 10.1. The van der Waals surface area contributed by atoms with E-state index in [-0.39, 0.29) is 22.8 Å². The highest BCUT2D eigenvalue weighted by Gasteiger charge is 2.19. The van der Waals surface area contributed by atoms with Crippen LogP contribution in [-0.2, 0) is 0 Å². The highest BCUT2D eigenvalue weighted by atomic mass is 16.6. The molecule has 0 saturated heterocycles. The van der Waals surface area contributed by atoms with Crippen molar-refractivity contribution in [2.24, 2.45) is 5.84 Å². The van der Waals surface area contributed by atoms with Gasteiger partial charge in [0.05, 0.1) is 16.8 Å². The maximum Gasteiger partial charge on any atom is 0.293 e. The molecule has 1 aromatic carbocycles. The third-order valence-electron chi connectivity index (χ3n) is 2.93. The van der Waals surface area contributed by atoms with E-state index < -0.39 is 4.92 Å². The molecule has 0 bridgehead atoms. The number of carbonyl (C=O) groups is 1. The van der Waals surface area contributed by atoms with Gasteiger partial charge in [0.1, 0.15) is 5.69 Å². The first kappa shape index (κ1) is 14.4. The van der Waals surface area contributed by atoms with E-state index in [1.807, 2.05) is 0 Å². The molecule has 2 aromatic rings. The number of amides is 1. The maximum atomic E-state index is 12.4. The lowest BCUT2D eigenvalue weighted by Gasteiger charge is -2.17. The van der Waals surface area contributed by atoms with Crippen LogP contribution in [0.5, 0.6) is 0 Å². The van der Waals surface area contributed by atoms with Crippen LogP contribution in [0.3, 0.4) is 0 Å². The second-order valence-electron chi connectivity index (χ2n) is 4.21. The Morgan fingerprint density at radius 1 is 1.43 bits per heavy atom. The number of hydrogen-bond acceptors (Lipinski definition) is 6. The van der Waals surface area contributed by atoms with E-state index >= 15 is 0 Å². The van der Waals surface area contributed by atoms with Gasteiger partial charge < -0.3 is 10.3 Å². The summed E-state index contributed by atoms with van der Waals surface area (Å²) in [6.45, 7) is 0. The Bertz CT molecular complexity index is 675. The second kappa shape index (κ2) is 5.97. The fraction of sp³-hybridized carbons (Fsp3) is 0.0769. The minimum Gasteiger partial charge on any atom is -0.318 e. The van der Waals surface area contributed by atoms with Gasteiger partial charge in [0, 0.05) is 24.9 Å². The molecule has 2 rings (SSSR count). The molecule has 1 amide bonds. The first-order valence-corrected chi connectivity index (χ1v) is 5.97. The van der Waals surface area contributed by atoms with Gasteiger partial charge in [-0.25, -0.2) is 0 Å². The molecule has 0 saturated carbocycles. The number of hydrogen-bond donors (Lipinski definition) is 2. The summed E-state index contributed by atoms with van der Waals surface area (Å²) < 4.78 is 0. The number of nitro benzene ring substituents is 1. The number of nitrogen functional groups attached to an aromatic ring is 1. The van der Waals surface area contributed by atoms with Gasteiger partial charge in [-0.2, -0.15) is 0 Å². The molecule has 0 atom stereocenters. The van der Waals surface area contributed by atoms with Crippen molar-refractivity contribution in [2.45, 2.75) is 0 Å². The number of aromatic nitrogens is 1. The molecule has 0 spiro atoms. The predicted molar refractivity (Wildman–Crippen MR) is 77.9 cm³/mol. The molecule has 1 aromatic heterocycles. The van der Waals surface area contributed by atoms with Crippen molar-refractivity contribution < 1.29 is 9.72 Å². The highest BCUT2D eigenvalue weighted by Crippen LogP contribution is 2.25. The van der Waals surface area contributed by atoms with E-state index in [2.05, 4.69) is 10.4 Å². The quantitative estimate of drug-likeness (QED) is 0.501. The van der Waals surface area contributed by atoms with Crippen LogP contribution < -0.4 is 16.2 Å². The molecule has 0 fully saturated rings. The lowest BCUT2D eigenvalue weighted by molar-refractivity contribution is -0.384. The third kappa shape index (κ3) is 2.95. The van der Waals surface area contributed by atoms with Gasteiger partial charge in [-0.15, -0.1) is 0 Å². The molecule has 0 radical (unpaired) electrons. The van der Waals surface area contributed by atoms with Crippen molar-refractivity contribution in [3.63, 3.8) is 0 Å². The maximum absolute atomic E-state index is 12.4. The molecule has 8 heteroatoms. The van der Waals surface area contributed by atoms with Crippen LogP contribution in [0.25, 0.3) is 0 Å². The molecule has 1 heterocycles. The zero-order valence-electron chi connectivity index (χ0n) is 11.2. The minimum atomic E-state index is -0.575. The monoisotopic (exact) mass is 287 g/mol. The van der Waals surface area contributed by atoms with Gasteiger partial charge in [0.15, 0.2) is 0 Å². The van der Waals surface area contributed by atoms with Gasteiger partial charge in [-0.05, 0) is 24.3 Å². The van der Waals surface area contributed by atoms with Crippen molar-refractivity contribution in [3.8, 4) is 0 Å². The molecular formula is C13H13N5O3.